The number of carbonyl (C=O) groups is 2. The second-order valence-corrected chi connectivity index (χ2v) is 8.64. The molecule has 1 aliphatic rings. The molecule has 1 amide bonds. The van der Waals surface area contributed by atoms with E-state index in [9.17, 15) is 24.8 Å². The predicted octanol–water partition coefficient (Wildman–Crippen LogP) is 4.55. The Morgan fingerprint density at radius 3 is 2.46 bits per heavy atom. The second-order valence-electron chi connectivity index (χ2n) is 8.64. The van der Waals surface area contributed by atoms with E-state index in [-0.39, 0.29) is 30.2 Å². The Bertz CT molecular complexity index is 1360. The van der Waals surface area contributed by atoms with Gasteiger partial charge in [0.1, 0.15) is 18.1 Å². The molecule has 1 saturated heterocycles. The Kier molecular flexibility index (Phi) is 7.64. The Morgan fingerprint density at radius 2 is 1.78 bits per heavy atom. The van der Waals surface area contributed by atoms with E-state index in [1.165, 1.54) is 30.2 Å². The van der Waals surface area contributed by atoms with Crippen molar-refractivity contribution in [1.82, 2.24) is 4.90 Å². The predicted molar refractivity (Wildman–Crippen MR) is 136 cm³/mol. The summed E-state index contributed by atoms with van der Waals surface area (Å²) in [4.78, 5) is 38.0. The van der Waals surface area contributed by atoms with Crippen molar-refractivity contribution in [2.24, 2.45) is 0 Å². The Balaban J connectivity index is 1.67. The minimum Gasteiger partial charge on any atom is -0.507 e. The number of hydrogen-bond donors (Lipinski definition) is 1. The van der Waals surface area contributed by atoms with E-state index in [4.69, 9.17) is 9.47 Å². The van der Waals surface area contributed by atoms with Crippen molar-refractivity contribution in [2.45, 2.75) is 19.6 Å². The molecule has 1 aliphatic heterocycles. The normalized spacial score (nSPS) is 16.7. The summed E-state index contributed by atoms with van der Waals surface area (Å²) >= 11 is 0. The second kappa shape index (κ2) is 11.0. The molecule has 9 heteroatoms. The van der Waals surface area contributed by atoms with Gasteiger partial charge in [-0.25, -0.2) is 0 Å². The van der Waals surface area contributed by atoms with Crippen LogP contribution >= 0.6 is 0 Å². The molecule has 9 nitrogen and oxygen atoms in total. The van der Waals surface area contributed by atoms with Crippen LogP contribution in [0.5, 0.6) is 5.75 Å². The zero-order chi connectivity index (χ0) is 26.5. The summed E-state index contributed by atoms with van der Waals surface area (Å²) in [6, 6.07) is 19.1. The maximum atomic E-state index is 13.0. The van der Waals surface area contributed by atoms with Crippen LogP contribution < -0.4 is 4.74 Å². The smallest absolute Gasteiger partial charge is 0.295 e. The van der Waals surface area contributed by atoms with Crippen LogP contribution in [0.15, 0.2) is 78.4 Å². The van der Waals surface area contributed by atoms with Gasteiger partial charge in [0.15, 0.2) is 0 Å². The molecule has 1 heterocycles. The number of amides is 1. The van der Waals surface area contributed by atoms with E-state index in [0.29, 0.717) is 23.5 Å². The lowest BCUT2D eigenvalue weighted by atomic mass is 9.95. The molecule has 1 N–H and O–H groups in total. The number of carbonyl (C=O) groups excluding carboxylic acids is 2. The maximum absolute atomic E-state index is 13.0. The van der Waals surface area contributed by atoms with Crippen LogP contribution in [0.1, 0.15) is 28.3 Å². The average Bonchev–Trinajstić information content (AvgIpc) is 3.15. The number of nitro benzene ring substituents is 1. The van der Waals surface area contributed by atoms with Crippen molar-refractivity contribution in [3.05, 3.63) is 111 Å². The number of aliphatic hydroxyl groups is 1. The lowest BCUT2D eigenvalue weighted by Gasteiger charge is -2.25. The third-order valence-corrected chi connectivity index (χ3v) is 6.09. The van der Waals surface area contributed by atoms with Crippen molar-refractivity contribution in [3.63, 3.8) is 0 Å². The number of rotatable bonds is 9. The van der Waals surface area contributed by atoms with Crippen molar-refractivity contribution in [1.29, 1.82) is 0 Å². The van der Waals surface area contributed by atoms with E-state index in [2.05, 4.69) is 0 Å². The van der Waals surface area contributed by atoms with Gasteiger partial charge in [0.25, 0.3) is 17.4 Å². The van der Waals surface area contributed by atoms with Gasteiger partial charge in [-0.3, -0.25) is 19.7 Å². The lowest BCUT2D eigenvalue weighted by Crippen LogP contribution is -2.32. The number of nitrogens with zero attached hydrogens (tertiary/aromatic N) is 2. The number of likely N-dealkylation sites (tertiary alicyclic amines) is 1. The molecule has 1 unspecified atom stereocenters. The van der Waals surface area contributed by atoms with Crippen molar-refractivity contribution in [2.75, 3.05) is 20.3 Å². The highest BCUT2D eigenvalue weighted by atomic mass is 16.6. The van der Waals surface area contributed by atoms with Gasteiger partial charge in [0.2, 0.25) is 0 Å². The van der Waals surface area contributed by atoms with E-state index in [1.54, 1.807) is 30.3 Å². The van der Waals surface area contributed by atoms with Gasteiger partial charge >= 0.3 is 0 Å². The van der Waals surface area contributed by atoms with Crippen LogP contribution in [0.2, 0.25) is 0 Å². The topological polar surface area (TPSA) is 119 Å². The van der Waals surface area contributed by atoms with Gasteiger partial charge in [0, 0.05) is 31.4 Å². The van der Waals surface area contributed by atoms with Crippen molar-refractivity contribution < 1.29 is 29.1 Å². The zero-order valence-electron chi connectivity index (χ0n) is 20.4. The molecule has 190 valence electrons. The first kappa shape index (κ1) is 25.6. The van der Waals surface area contributed by atoms with E-state index < -0.39 is 22.7 Å². The fourth-order valence-corrected chi connectivity index (χ4v) is 4.29. The molecule has 0 saturated carbocycles. The Hall–Kier alpha value is -4.50. The molecule has 1 fully saturated rings. The zero-order valence-corrected chi connectivity index (χ0v) is 20.4. The van der Waals surface area contributed by atoms with Crippen LogP contribution in [0, 0.1) is 17.0 Å². The molecule has 37 heavy (non-hydrogen) atoms. The van der Waals surface area contributed by atoms with Crippen LogP contribution in [0.4, 0.5) is 5.69 Å². The minimum absolute atomic E-state index is 0.0664. The molecule has 0 radical (unpaired) electrons. The first-order valence-electron chi connectivity index (χ1n) is 11.6. The molecule has 0 aromatic heterocycles. The summed E-state index contributed by atoms with van der Waals surface area (Å²) in [7, 11) is 1.46. The number of methoxy groups -OCH3 is 1. The summed E-state index contributed by atoms with van der Waals surface area (Å²) in [6.45, 7) is 2.58. The third kappa shape index (κ3) is 5.52. The maximum Gasteiger partial charge on any atom is 0.295 e. The number of nitro groups is 1. The van der Waals surface area contributed by atoms with Gasteiger partial charge in [-0.15, -0.1) is 0 Å². The Labute approximate surface area is 213 Å². The van der Waals surface area contributed by atoms with Gasteiger partial charge in [0.05, 0.1) is 23.1 Å². The van der Waals surface area contributed by atoms with Gasteiger partial charge < -0.3 is 19.5 Å². The molecular weight excluding hydrogens is 476 g/mol. The molecule has 0 spiro atoms. The molecule has 4 rings (SSSR count). The van der Waals surface area contributed by atoms with Crippen LogP contribution in [-0.2, 0) is 20.9 Å². The van der Waals surface area contributed by atoms with Crippen LogP contribution in [0.3, 0.4) is 0 Å². The fraction of sp³-hybridized carbons (Fsp3) is 0.214. The molecule has 1 atom stereocenters. The standard InChI is InChI=1S/C28H26N2O7/c1-18-5-3-6-19(15-18)17-37-23-11-9-20(10-12-23)26(31)24-25(21-7-4-8-22(16-21)30(34)35)29(13-14-36-2)28(33)27(24)32/h3-12,15-16,25,31H,13-14,17H2,1-2H3/b26-24+. The SMILES string of the molecule is COCCN1C(=O)C(=O)/C(=C(/O)c2ccc(OCc3cccc(C)c3)cc2)C1c1cccc([N+](=O)[O-])c1. The highest BCUT2D eigenvalue weighted by Gasteiger charge is 2.46. The lowest BCUT2D eigenvalue weighted by molar-refractivity contribution is -0.384. The van der Waals surface area contributed by atoms with Crippen molar-refractivity contribution in [3.8, 4) is 5.75 Å². The summed E-state index contributed by atoms with van der Waals surface area (Å²) < 4.78 is 10.9. The summed E-state index contributed by atoms with van der Waals surface area (Å²) in [6.07, 6.45) is 0. The minimum atomic E-state index is -1.01. The number of Topliss-reactive ketones (excluding diaryl/α,β-unsaturated/α-hetero) is 1. The quantitative estimate of drug-likeness (QED) is 0.150. The molecular formula is C28H26N2O7. The Morgan fingerprint density at radius 1 is 1.05 bits per heavy atom. The van der Waals surface area contributed by atoms with Gasteiger partial charge in [-0.2, -0.15) is 0 Å². The highest BCUT2D eigenvalue weighted by Crippen LogP contribution is 2.40. The number of aryl methyl sites for hydroxylation is 1. The van der Waals surface area contributed by atoms with E-state index in [1.807, 2.05) is 31.2 Å². The summed E-state index contributed by atoms with van der Waals surface area (Å²) in [5.41, 5.74) is 2.45. The first-order chi connectivity index (χ1) is 17.8. The third-order valence-electron chi connectivity index (χ3n) is 6.09. The van der Waals surface area contributed by atoms with E-state index >= 15 is 0 Å². The van der Waals surface area contributed by atoms with Gasteiger partial charge in [-0.05, 0) is 42.3 Å². The molecule has 0 aliphatic carbocycles. The number of aliphatic hydroxyl groups excluding tert-OH is 1. The van der Waals surface area contributed by atoms with Gasteiger partial charge in [-0.1, -0.05) is 42.0 Å². The number of ketones is 1. The first-order valence-corrected chi connectivity index (χ1v) is 11.6. The van der Waals surface area contributed by atoms with E-state index in [0.717, 1.165) is 11.1 Å². The fourth-order valence-electron chi connectivity index (χ4n) is 4.29. The molecule has 3 aromatic rings. The number of hydrogen-bond acceptors (Lipinski definition) is 7. The number of benzene rings is 3. The molecule has 0 bridgehead atoms. The number of ether oxygens (including phenoxy) is 2. The average molecular weight is 503 g/mol. The van der Waals surface area contributed by atoms with Crippen LogP contribution in [0.25, 0.3) is 5.76 Å². The monoisotopic (exact) mass is 502 g/mol. The molecule has 3 aromatic carbocycles. The van der Waals surface area contributed by atoms with Crippen LogP contribution in [-0.4, -0.2) is 46.9 Å². The largest absolute Gasteiger partial charge is 0.507 e. The van der Waals surface area contributed by atoms with Crippen molar-refractivity contribution >= 4 is 23.1 Å². The number of non-ortho nitro benzene ring substituents is 1. The summed E-state index contributed by atoms with van der Waals surface area (Å²) in [5.74, 6) is -1.49. The highest BCUT2D eigenvalue weighted by molar-refractivity contribution is 6.46. The summed E-state index contributed by atoms with van der Waals surface area (Å²) in [5, 5.41) is 22.5.